The summed E-state index contributed by atoms with van der Waals surface area (Å²) in [4.78, 5) is 10.7. The Kier molecular flexibility index (Phi) is 5.65. The molecule has 2 aromatic carbocycles. The highest BCUT2D eigenvalue weighted by Gasteiger charge is 2.05. The summed E-state index contributed by atoms with van der Waals surface area (Å²) in [6.07, 6.45) is 0.534. The average molecular weight is 301 g/mol. The second-order valence-corrected chi connectivity index (χ2v) is 4.77. The van der Waals surface area contributed by atoms with E-state index in [2.05, 4.69) is 0 Å². The third-order valence-electron chi connectivity index (χ3n) is 3.07. The molecular formula is C17H19NO4. The molecule has 0 aliphatic rings. The molecule has 5 nitrogen and oxygen atoms in total. The third-order valence-corrected chi connectivity index (χ3v) is 3.07. The maximum absolute atomic E-state index is 10.7. The van der Waals surface area contributed by atoms with Crippen LogP contribution in [0.25, 0.3) is 0 Å². The number of carboxylic acid groups (broad SMARTS) is 1. The van der Waals surface area contributed by atoms with E-state index in [9.17, 15) is 4.79 Å². The highest BCUT2D eigenvalue weighted by molar-refractivity contribution is 5.67. The number of nitrogens with two attached hydrogens (primary N) is 1. The number of anilines is 1. The lowest BCUT2D eigenvalue weighted by molar-refractivity contribution is -0.136. The van der Waals surface area contributed by atoms with Gasteiger partial charge in [-0.15, -0.1) is 0 Å². The molecule has 0 spiro atoms. The summed E-state index contributed by atoms with van der Waals surface area (Å²) < 4.78 is 11.2. The molecule has 3 N–H and O–H groups in total. The molecule has 2 rings (SSSR count). The van der Waals surface area contributed by atoms with Gasteiger partial charge in [0.15, 0.2) is 0 Å². The Labute approximate surface area is 129 Å². The van der Waals surface area contributed by atoms with E-state index in [4.69, 9.17) is 20.3 Å². The summed E-state index contributed by atoms with van der Waals surface area (Å²) >= 11 is 0. The van der Waals surface area contributed by atoms with Gasteiger partial charge in [0, 0.05) is 12.1 Å². The van der Waals surface area contributed by atoms with E-state index in [0.717, 1.165) is 11.3 Å². The maximum atomic E-state index is 10.7. The minimum Gasteiger partial charge on any atom is -0.490 e. The molecule has 0 bridgehead atoms. The van der Waals surface area contributed by atoms with Crippen LogP contribution in [-0.2, 0) is 11.2 Å². The van der Waals surface area contributed by atoms with Gasteiger partial charge in [0.25, 0.3) is 0 Å². The van der Waals surface area contributed by atoms with Crippen molar-refractivity contribution in [1.29, 1.82) is 0 Å². The fourth-order valence-corrected chi connectivity index (χ4v) is 1.97. The van der Waals surface area contributed by atoms with Crippen LogP contribution < -0.4 is 15.2 Å². The van der Waals surface area contributed by atoms with E-state index in [-0.39, 0.29) is 6.42 Å². The van der Waals surface area contributed by atoms with Crippen molar-refractivity contribution in [3.05, 3.63) is 54.1 Å². The lowest BCUT2D eigenvalue weighted by Gasteiger charge is -2.11. The Balaban J connectivity index is 1.81. The van der Waals surface area contributed by atoms with Gasteiger partial charge in [-0.3, -0.25) is 4.79 Å². The van der Waals surface area contributed by atoms with Gasteiger partial charge in [0.05, 0.1) is 0 Å². The van der Waals surface area contributed by atoms with Crippen LogP contribution in [0, 0.1) is 0 Å². The quantitative estimate of drug-likeness (QED) is 0.579. The summed E-state index contributed by atoms with van der Waals surface area (Å²) in [7, 11) is 0. The second kappa shape index (κ2) is 7.93. The number of rotatable bonds is 8. The van der Waals surface area contributed by atoms with Gasteiger partial charge in [-0.05, 0) is 42.3 Å². The van der Waals surface area contributed by atoms with Crippen molar-refractivity contribution in [1.82, 2.24) is 0 Å². The first-order valence-electron chi connectivity index (χ1n) is 7.06. The molecule has 0 heterocycles. The van der Waals surface area contributed by atoms with Crippen LogP contribution in [0.5, 0.6) is 11.5 Å². The van der Waals surface area contributed by atoms with Gasteiger partial charge in [-0.2, -0.15) is 0 Å². The first kappa shape index (κ1) is 15.7. The molecule has 0 amide bonds. The van der Waals surface area contributed by atoms with Crippen molar-refractivity contribution in [2.75, 3.05) is 18.9 Å². The van der Waals surface area contributed by atoms with Crippen LogP contribution in [-0.4, -0.2) is 24.3 Å². The van der Waals surface area contributed by atoms with Crippen molar-refractivity contribution < 1.29 is 19.4 Å². The lowest BCUT2D eigenvalue weighted by Crippen LogP contribution is -2.10. The zero-order chi connectivity index (χ0) is 15.8. The maximum Gasteiger partial charge on any atom is 0.303 e. The number of para-hydroxylation sites is 1. The number of nitrogen functional groups attached to an aromatic ring is 1. The zero-order valence-electron chi connectivity index (χ0n) is 12.2. The largest absolute Gasteiger partial charge is 0.490 e. The molecule has 2 aromatic rings. The van der Waals surface area contributed by atoms with Crippen LogP contribution in [0.3, 0.4) is 0 Å². The molecule has 0 radical (unpaired) electrons. The number of carbonyl (C=O) groups is 1. The number of hydrogen-bond donors (Lipinski definition) is 2. The minimum atomic E-state index is -0.818. The molecule has 0 aliphatic carbocycles. The molecule has 0 aromatic heterocycles. The van der Waals surface area contributed by atoms with Gasteiger partial charge in [-0.1, -0.05) is 18.2 Å². The van der Waals surface area contributed by atoms with Crippen LogP contribution in [0.4, 0.5) is 5.69 Å². The average Bonchev–Trinajstić information content (AvgIpc) is 2.52. The molecule has 0 aliphatic heterocycles. The van der Waals surface area contributed by atoms with E-state index in [1.165, 1.54) is 0 Å². The summed E-state index contributed by atoms with van der Waals surface area (Å²) in [5.74, 6) is 0.614. The van der Waals surface area contributed by atoms with Gasteiger partial charge >= 0.3 is 5.97 Å². The zero-order valence-corrected chi connectivity index (χ0v) is 12.2. The molecular weight excluding hydrogens is 282 g/mol. The first-order valence-corrected chi connectivity index (χ1v) is 7.06. The highest BCUT2D eigenvalue weighted by Crippen LogP contribution is 2.19. The van der Waals surface area contributed by atoms with Crippen molar-refractivity contribution in [3.63, 3.8) is 0 Å². The van der Waals surface area contributed by atoms with Gasteiger partial charge < -0.3 is 20.3 Å². The van der Waals surface area contributed by atoms with E-state index >= 15 is 0 Å². The van der Waals surface area contributed by atoms with Crippen LogP contribution >= 0.6 is 0 Å². The van der Waals surface area contributed by atoms with E-state index in [1.54, 1.807) is 24.3 Å². The molecule has 0 fully saturated rings. The second-order valence-electron chi connectivity index (χ2n) is 4.77. The number of hydrogen-bond acceptors (Lipinski definition) is 4. The van der Waals surface area contributed by atoms with E-state index in [1.807, 2.05) is 24.3 Å². The molecule has 0 saturated carbocycles. The Bertz CT molecular complexity index is 610. The molecule has 0 saturated heterocycles. The van der Waals surface area contributed by atoms with Crippen molar-refractivity contribution in [2.45, 2.75) is 12.8 Å². The number of ether oxygens (including phenoxy) is 2. The topological polar surface area (TPSA) is 81.8 Å². The molecule has 0 unspecified atom stereocenters. The van der Waals surface area contributed by atoms with Crippen molar-refractivity contribution >= 4 is 11.7 Å². The Hall–Kier alpha value is -2.69. The Morgan fingerprint density at radius 1 is 1.00 bits per heavy atom. The predicted octanol–water partition coefficient (Wildman–Crippen LogP) is 2.74. The molecule has 0 atom stereocenters. The van der Waals surface area contributed by atoms with E-state index < -0.39 is 5.97 Å². The number of carboxylic acids is 1. The predicted molar refractivity (Wildman–Crippen MR) is 84.2 cm³/mol. The van der Waals surface area contributed by atoms with Crippen LogP contribution in [0.15, 0.2) is 48.5 Å². The molecule has 22 heavy (non-hydrogen) atoms. The standard InChI is InChI=1S/C17H19NO4/c18-14-6-8-15(9-7-14)21-11-12-22-16-4-2-1-3-13(16)5-10-17(19)20/h1-4,6-9H,5,10-12,18H2,(H,19,20). The fourth-order valence-electron chi connectivity index (χ4n) is 1.97. The third kappa shape index (κ3) is 5.01. The van der Waals surface area contributed by atoms with E-state index in [0.29, 0.717) is 31.1 Å². The Morgan fingerprint density at radius 3 is 2.41 bits per heavy atom. The molecule has 5 heteroatoms. The summed E-state index contributed by atoms with van der Waals surface area (Å²) in [6, 6.07) is 14.6. The van der Waals surface area contributed by atoms with Gasteiger partial charge in [0.1, 0.15) is 24.7 Å². The van der Waals surface area contributed by atoms with Gasteiger partial charge in [-0.25, -0.2) is 0 Å². The van der Waals surface area contributed by atoms with Gasteiger partial charge in [0.2, 0.25) is 0 Å². The van der Waals surface area contributed by atoms with Crippen LogP contribution in [0.2, 0.25) is 0 Å². The summed E-state index contributed by atoms with van der Waals surface area (Å²) in [5.41, 5.74) is 7.18. The highest BCUT2D eigenvalue weighted by atomic mass is 16.5. The minimum absolute atomic E-state index is 0.0856. The summed E-state index contributed by atoms with van der Waals surface area (Å²) in [6.45, 7) is 0.783. The Morgan fingerprint density at radius 2 is 1.68 bits per heavy atom. The molecule has 116 valence electrons. The monoisotopic (exact) mass is 301 g/mol. The number of benzene rings is 2. The fraction of sp³-hybridized carbons (Fsp3) is 0.235. The number of aryl methyl sites for hydroxylation is 1. The van der Waals surface area contributed by atoms with Crippen LogP contribution in [0.1, 0.15) is 12.0 Å². The van der Waals surface area contributed by atoms with Crippen molar-refractivity contribution in [3.8, 4) is 11.5 Å². The number of aliphatic carboxylic acids is 1. The summed E-state index contributed by atoms with van der Waals surface area (Å²) in [5, 5.41) is 8.76. The van der Waals surface area contributed by atoms with Crippen molar-refractivity contribution in [2.24, 2.45) is 0 Å². The normalized spacial score (nSPS) is 10.2. The first-order chi connectivity index (χ1) is 10.6. The lowest BCUT2D eigenvalue weighted by atomic mass is 10.1. The SMILES string of the molecule is Nc1ccc(OCCOc2ccccc2CCC(=O)O)cc1. The smallest absolute Gasteiger partial charge is 0.303 e.